The third kappa shape index (κ3) is 3.58. The maximum atomic E-state index is 13.6. The average Bonchev–Trinajstić information content (AvgIpc) is 3.32. The van der Waals surface area contributed by atoms with Gasteiger partial charge in [-0.05, 0) is 44.7 Å². The van der Waals surface area contributed by atoms with E-state index >= 15 is 0 Å². The van der Waals surface area contributed by atoms with Gasteiger partial charge < -0.3 is 10.2 Å². The summed E-state index contributed by atoms with van der Waals surface area (Å²) < 4.78 is 41.9. The van der Waals surface area contributed by atoms with Gasteiger partial charge in [0.1, 0.15) is 5.82 Å². The number of hydrogen-bond donors (Lipinski definition) is 1. The molecule has 0 aliphatic carbocycles. The SMILES string of the molecule is CC[C@@H]1C[C@H](C(F)(F)F)n2nc([C@H]3CCCN3C(=O)c3cccnc3C)cc2N1. The van der Waals surface area contributed by atoms with Crippen molar-refractivity contribution in [3.05, 3.63) is 41.3 Å². The van der Waals surface area contributed by atoms with E-state index in [1.54, 1.807) is 36.2 Å². The Kier molecular flexibility index (Phi) is 5.00. The van der Waals surface area contributed by atoms with Gasteiger partial charge in [0.25, 0.3) is 5.91 Å². The van der Waals surface area contributed by atoms with Crippen molar-refractivity contribution >= 4 is 11.7 Å². The predicted molar refractivity (Wildman–Crippen MR) is 102 cm³/mol. The summed E-state index contributed by atoms with van der Waals surface area (Å²) in [5.74, 6) is 0.216. The number of carbonyl (C=O) groups is 1. The lowest BCUT2D eigenvalue weighted by atomic mass is 10.0. The Morgan fingerprint density at radius 3 is 2.86 bits per heavy atom. The Bertz CT molecular complexity index is 910. The fraction of sp³-hybridized carbons (Fsp3) is 0.550. The number of hydrogen-bond acceptors (Lipinski definition) is 4. The van der Waals surface area contributed by atoms with Crippen LogP contribution in [-0.4, -0.2) is 44.3 Å². The molecule has 0 bridgehead atoms. The summed E-state index contributed by atoms with van der Waals surface area (Å²) in [6, 6.07) is 2.87. The molecule has 156 valence electrons. The molecule has 29 heavy (non-hydrogen) atoms. The number of amides is 1. The molecule has 1 fully saturated rings. The van der Waals surface area contributed by atoms with Crippen molar-refractivity contribution in [1.82, 2.24) is 19.7 Å². The Morgan fingerprint density at radius 1 is 1.38 bits per heavy atom. The Labute approximate surface area is 167 Å². The highest BCUT2D eigenvalue weighted by atomic mass is 19.4. The number of halogens is 3. The molecular formula is C20H24F3N5O. The van der Waals surface area contributed by atoms with Crippen molar-refractivity contribution in [3.63, 3.8) is 0 Å². The molecule has 0 radical (unpaired) electrons. The molecule has 9 heteroatoms. The summed E-state index contributed by atoms with van der Waals surface area (Å²) in [5, 5.41) is 7.49. The van der Waals surface area contributed by atoms with Gasteiger partial charge in [0.05, 0.1) is 17.3 Å². The van der Waals surface area contributed by atoms with Crippen molar-refractivity contribution in [1.29, 1.82) is 0 Å². The minimum absolute atomic E-state index is 0.0453. The largest absolute Gasteiger partial charge is 0.410 e. The molecule has 2 aliphatic rings. The molecule has 0 spiro atoms. The highest BCUT2D eigenvalue weighted by molar-refractivity contribution is 5.95. The van der Waals surface area contributed by atoms with E-state index in [2.05, 4.69) is 15.4 Å². The van der Waals surface area contributed by atoms with Gasteiger partial charge in [-0.25, -0.2) is 4.68 Å². The highest BCUT2D eigenvalue weighted by Crippen LogP contribution is 2.42. The van der Waals surface area contributed by atoms with Crippen LogP contribution in [0.5, 0.6) is 0 Å². The van der Waals surface area contributed by atoms with Crippen LogP contribution in [0.4, 0.5) is 19.0 Å². The molecule has 2 aromatic rings. The number of nitrogens with zero attached hydrogens (tertiary/aromatic N) is 4. The fourth-order valence-corrected chi connectivity index (χ4v) is 4.28. The van der Waals surface area contributed by atoms with Crippen LogP contribution in [0.25, 0.3) is 0 Å². The summed E-state index contributed by atoms with van der Waals surface area (Å²) in [5.41, 5.74) is 1.66. The van der Waals surface area contributed by atoms with Gasteiger partial charge in [-0.1, -0.05) is 6.92 Å². The van der Waals surface area contributed by atoms with Crippen LogP contribution in [0.2, 0.25) is 0 Å². The number of nitrogens with one attached hydrogen (secondary N) is 1. The van der Waals surface area contributed by atoms with Crippen molar-refractivity contribution in [3.8, 4) is 0 Å². The molecule has 1 amide bonds. The Balaban J connectivity index is 1.66. The standard InChI is InChI=1S/C20H24F3N5O/c1-3-13-10-17(20(21,22)23)28-18(25-13)11-15(26-28)16-7-5-9-27(16)19(29)14-6-4-8-24-12(14)2/h4,6,8,11,13,16-17,25H,3,5,7,9-10H2,1-2H3/t13-,16-,17-/m1/s1. The van der Waals surface area contributed by atoms with E-state index in [1.165, 1.54) is 0 Å². The fourth-order valence-electron chi connectivity index (χ4n) is 4.28. The number of fused-ring (bicyclic) bond motifs is 1. The van der Waals surface area contributed by atoms with Crippen LogP contribution < -0.4 is 5.32 Å². The van der Waals surface area contributed by atoms with E-state index in [1.807, 2.05) is 6.92 Å². The quantitative estimate of drug-likeness (QED) is 0.826. The van der Waals surface area contributed by atoms with Crippen LogP contribution in [0, 0.1) is 6.92 Å². The van der Waals surface area contributed by atoms with Crippen LogP contribution in [-0.2, 0) is 0 Å². The second kappa shape index (κ2) is 7.35. The van der Waals surface area contributed by atoms with Gasteiger partial charge in [-0.15, -0.1) is 0 Å². The van der Waals surface area contributed by atoms with E-state index in [0.29, 0.717) is 42.2 Å². The molecular weight excluding hydrogens is 383 g/mol. The van der Waals surface area contributed by atoms with E-state index in [4.69, 9.17) is 0 Å². The first-order chi connectivity index (χ1) is 13.8. The first kappa shape index (κ1) is 19.7. The minimum atomic E-state index is -4.37. The van der Waals surface area contributed by atoms with Gasteiger partial charge in [0, 0.05) is 30.5 Å². The van der Waals surface area contributed by atoms with Crippen LogP contribution >= 0.6 is 0 Å². The number of rotatable bonds is 3. The molecule has 1 N–H and O–H groups in total. The number of alkyl halides is 3. The number of anilines is 1. The molecule has 0 unspecified atom stereocenters. The Morgan fingerprint density at radius 2 is 2.17 bits per heavy atom. The maximum Gasteiger partial charge on any atom is 0.410 e. The average molecular weight is 407 g/mol. The molecule has 0 aromatic carbocycles. The van der Waals surface area contributed by atoms with Gasteiger partial charge in [0.15, 0.2) is 6.04 Å². The topological polar surface area (TPSA) is 63.1 Å². The number of carbonyl (C=O) groups excluding carboxylic acids is 1. The third-order valence-corrected chi connectivity index (χ3v) is 5.87. The molecule has 2 aromatic heterocycles. The van der Waals surface area contributed by atoms with Crippen LogP contribution in [0.3, 0.4) is 0 Å². The van der Waals surface area contributed by atoms with Crippen molar-refractivity contribution in [2.45, 2.75) is 63.8 Å². The second-order valence-electron chi connectivity index (χ2n) is 7.73. The summed E-state index contributed by atoms with van der Waals surface area (Å²) in [6.45, 7) is 4.19. The zero-order valence-electron chi connectivity index (χ0n) is 16.4. The summed E-state index contributed by atoms with van der Waals surface area (Å²) in [6.07, 6.45) is -0.728. The first-order valence-corrected chi connectivity index (χ1v) is 9.95. The van der Waals surface area contributed by atoms with Crippen LogP contribution in [0.1, 0.15) is 66.4 Å². The molecule has 1 saturated heterocycles. The van der Waals surface area contributed by atoms with E-state index < -0.39 is 12.2 Å². The maximum absolute atomic E-state index is 13.6. The van der Waals surface area contributed by atoms with Gasteiger partial charge in [0.2, 0.25) is 0 Å². The number of aryl methyl sites for hydroxylation is 1. The summed E-state index contributed by atoms with van der Waals surface area (Å²) in [7, 11) is 0. The van der Waals surface area contributed by atoms with E-state index in [9.17, 15) is 18.0 Å². The number of aromatic nitrogens is 3. The minimum Gasteiger partial charge on any atom is -0.367 e. The zero-order valence-corrected chi connectivity index (χ0v) is 16.4. The van der Waals surface area contributed by atoms with Crippen molar-refractivity contribution in [2.75, 3.05) is 11.9 Å². The molecule has 4 rings (SSSR count). The van der Waals surface area contributed by atoms with E-state index in [-0.39, 0.29) is 24.4 Å². The van der Waals surface area contributed by atoms with E-state index in [0.717, 1.165) is 11.1 Å². The molecule has 3 atom stereocenters. The van der Waals surface area contributed by atoms with Gasteiger partial charge in [-0.3, -0.25) is 9.78 Å². The lowest BCUT2D eigenvalue weighted by Crippen LogP contribution is -2.39. The predicted octanol–water partition coefficient (Wildman–Crippen LogP) is 4.26. The third-order valence-electron chi connectivity index (χ3n) is 5.87. The second-order valence-corrected chi connectivity index (χ2v) is 7.73. The van der Waals surface area contributed by atoms with Crippen LogP contribution in [0.15, 0.2) is 24.4 Å². The first-order valence-electron chi connectivity index (χ1n) is 9.95. The van der Waals surface area contributed by atoms with Crippen molar-refractivity contribution in [2.24, 2.45) is 0 Å². The lowest BCUT2D eigenvalue weighted by molar-refractivity contribution is -0.173. The molecule has 4 heterocycles. The lowest BCUT2D eigenvalue weighted by Gasteiger charge is -2.32. The normalized spacial score (nSPS) is 24.3. The zero-order chi connectivity index (χ0) is 20.8. The van der Waals surface area contributed by atoms with Crippen molar-refractivity contribution < 1.29 is 18.0 Å². The van der Waals surface area contributed by atoms with Gasteiger partial charge >= 0.3 is 6.18 Å². The number of likely N-dealkylation sites (tertiary alicyclic amines) is 1. The monoisotopic (exact) mass is 407 g/mol. The summed E-state index contributed by atoms with van der Waals surface area (Å²) in [4.78, 5) is 19.0. The number of pyridine rings is 1. The van der Waals surface area contributed by atoms with Gasteiger partial charge in [-0.2, -0.15) is 18.3 Å². The smallest absolute Gasteiger partial charge is 0.367 e. The summed E-state index contributed by atoms with van der Waals surface area (Å²) >= 11 is 0. The highest BCUT2D eigenvalue weighted by Gasteiger charge is 2.46. The molecule has 6 nitrogen and oxygen atoms in total. The molecule has 2 aliphatic heterocycles. The Hall–Kier alpha value is -2.58. The molecule has 0 saturated carbocycles.